The molecular formula is C19H22N3O+. The highest BCUT2D eigenvalue weighted by Gasteiger charge is 2.10. The molecule has 2 N–H and O–H groups in total. The second-order valence-electron chi connectivity index (χ2n) is 6.27. The molecule has 23 heavy (non-hydrogen) atoms. The molecule has 0 radical (unpaired) electrons. The van der Waals surface area contributed by atoms with Crippen LogP contribution in [0, 0.1) is 13.8 Å². The number of aryl methyl sites for hydroxylation is 2. The summed E-state index contributed by atoms with van der Waals surface area (Å²) in [6.07, 6.45) is 0. The first-order chi connectivity index (χ1) is 11.0. The minimum Gasteiger partial charge on any atom is -0.327 e. The maximum absolute atomic E-state index is 12.1. The van der Waals surface area contributed by atoms with E-state index in [0.717, 1.165) is 17.9 Å². The van der Waals surface area contributed by atoms with Crippen LogP contribution in [0.4, 0.5) is 0 Å². The van der Waals surface area contributed by atoms with E-state index in [1.165, 1.54) is 21.6 Å². The SMILES string of the molecule is Cc1ccc(C[NH+](C)Cc2nc3ccccc3c(=O)[nH]2)c(C)c1. The molecule has 4 nitrogen and oxygen atoms in total. The lowest BCUT2D eigenvalue weighted by molar-refractivity contribution is -0.908. The maximum atomic E-state index is 12.1. The first kappa shape index (κ1) is 15.4. The molecule has 0 aliphatic rings. The predicted molar refractivity (Wildman–Crippen MR) is 92.6 cm³/mol. The molecule has 0 saturated heterocycles. The molecule has 3 aromatic rings. The number of hydrogen-bond donors (Lipinski definition) is 2. The molecule has 1 aromatic heterocycles. The van der Waals surface area contributed by atoms with E-state index in [9.17, 15) is 4.79 Å². The third-order valence-electron chi connectivity index (χ3n) is 4.12. The van der Waals surface area contributed by atoms with Gasteiger partial charge in [0.15, 0.2) is 5.82 Å². The minimum absolute atomic E-state index is 0.0649. The molecule has 0 spiro atoms. The zero-order valence-electron chi connectivity index (χ0n) is 13.8. The quantitative estimate of drug-likeness (QED) is 0.771. The molecule has 0 fully saturated rings. The lowest BCUT2D eigenvalue weighted by Gasteiger charge is -2.15. The van der Waals surface area contributed by atoms with E-state index in [4.69, 9.17) is 0 Å². The summed E-state index contributed by atoms with van der Waals surface area (Å²) in [4.78, 5) is 20.9. The van der Waals surface area contributed by atoms with Gasteiger partial charge in [0.25, 0.3) is 5.56 Å². The van der Waals surface area contributed by atoms with E-state index in [2.05, 4.69) is 49.1 Å². The lowest BCUT2D eigenvalue weighted by atomic mass is 10.1. The third kappa shape index (κ3) is 3.48. The molecule has 2 aromatic carbocycles. The van der Waals surface area contributed by atoms with Gasteiger partial charge in [-0.2, -0.15) is 0 Å². The van der Waals surface area contributed by atoms with Gasteiger partial charge >= 0.3 is 0 Å². The van der Waals surface area contributed by atoms with Gasteiger partial charge in [0, 0.05) is 5.56 Å². The standard InChI is InChI=1S/C19H21N3O/c1-13-8-9-15(14(2)10-13)11-22(3)12-18-20-17-7-5-4-6-16(17)19(23)21-18/h4-10H,11-12H2,1-3H3,(H,20,21,23)/p+1. The van der Waals surface area contributed by atoms with Crippen LogP contribution in [0.15, 0.2) is 47.3 Å². The Morgan fingerprint density at radius 3 is 2.65 bits per heavy atom. The zero-order valence-corrected chi connectivity index (χ0v) is 13.8. The van der Waals surface area contributed by atoms with E-state index in [-0.39, 0.29) is 5.56 Å². The fourth-order valence-corrected chi connectivity index (χ4v) is 2.94. The smallest absolute Gasteiger partial charge is 0.258 e. The van der Waals surface area contributed by atoms with Crippen molar-refractivity contribution >= 4 is 10.9 Å². The molecule has 4 heteroatoms. The number of aromatic nitrogens is 2. The van der Waals surface area contributed by atoms with Gasteiger partial charge in [0.05, 0.1) is 18.0 Å². The Morgan fingerprint density at radius 2 is 1.87 bits per heavy atom. The second-order valence-corrected chi connectivity index (χ2v) is 6.27. The van der Waals surface area contributed by atoms with Gasteiger partial charge in [-0.15, -0.1) is 0 Å². The maximum Gasteiger partial charge on any atom is 0.258 e. The summed E-state index contributed by atoms with van der Waals surface area (Å²) in [6, 6.07) is 14.0. The highest BCUT2D eigenvalue weighted by molar-refractivity contribution is 5.77. The van der Waals surface area contributed by atoms with Crippen LogP contribution in [-0.4, -0.2) is 17.0 Å². The van der Waals surface area contributed by atoms with E-state index >= 15 is 0 Å². The van der Waals surface area contributed by atoms with E-state index in [1.807, 2.05) is 18.2 Å². The van der Waals surface area contributed by atoms with Crippen LogP contribution < -0.4 is 10.5 Å². The number of H-pyrrole nitrogens is 1. The van der Waals surface area contributed by atoms with Crippen molar-refractivity contribution in [2.24, 2.45) is 0 Å². The van der Waals surface area contributed by atoms with Gasteiger partial charge in [-0.1, -0.05) is 35.9 Å². The minimum atomic E-state index is -0.0649. The van der Waals surface area contributed by atoms with Crippen molar-refractivity contribution in [3.05, 3.63) is 75.3 Å². The number of hydrogen-bond acceptors (Lipinski definition) is 2. The topological polar surface area (TPSA) is 50.2 Å². The van der Waals surface area contributed by atoms with Crippen molar-refractivity contribution in [1.82, 2.24) is 9.97 Å². The average Bonchev–Trinajstić information content (AvgIpc) is 2.50. The third-order valence-corrected chi connectivity index (χ3v) is 4.12. The number of nitrogens with one attached hydrogen (secondary N) is 2. The van der Waals surface area contributed by atoms with Crippen molar-refractivity contribution in [3.8, 4) is 0 Å². The Labute approximate surface area is 135 Å². The molecule has 1 unspecified atom stereocenters. The Bertz CT molecular complexity index is 899. The Balaban J connectivity index is 1.80. The van der Waals surface area contributed by atoms with Gasteiger partial charge in [-0.3, -0.25) is 4.79 Å². The van der Waals surface area contributed by atoms with Crippen molar-refractivity contribution < 1.29 is 4.90 Å². The van der Waals surface area contributed by atoms with E-state index in [1.54, 1.807) is 6.07 Å². The Morgan fingerprint density at radius 1 is 1.09 bits per heavy atom. The second kappa shape index (κ2) is 6.34. The fourth-order valence-electron chi connectivity index (χ4n) is 2.94. The van der Waals surface area contributed by atoms with Gasteiger partial charge in [-0.05, 0) is 31.5 Å². The normalized spacial score (nSPS) is 12.5. The molecule has 118 valence electrons. The number of fused-ring (bicyclic) bond motifs is 1. The summed E-state index contributed by atoms with van der Waals surface area (Å²) < 4.78 is 0. The van der Waals surface area contributed by atoms with E-state index in [0.29, 0.717) is 11.9 Å². The van der Waals surface area contributed by atoms with Crippen LogP contribution in [0.1, 0.15) is 22.5 Å². The van der Waals surface area contributed by atoms with Crippen LogP contribution in [0.5, 0.6) is 0 Å². The molecule has 1 atom stereocenters. The molecule has 0 bridgehead atoms. The molecule has 0 aliphatic heterocycles. The van der Waals surface area contributed by atoms with Gasteiger partial charge in [0.1, 0.15) is 13.1 Å². The summed E-state index contributed by atoms with van der Waals surface area (Å²) in [7, 11) is 2.12. The van der Waals surface area contributed by atoms with Crippen LogP contribution in [0.3, 0.4) is 0 Å². The van der Waals surface area contributed by atoms with Gasteiger partial charge in [-0.25, -0.2) is 4.98 Å². The molecule has 0 amide bonds. The number of aromatic amines is 1. The van der Waals surface area contributed by atoms with Crippen LogP contribution in [0.25, 0.3) is 10.9 Å². The van der Waals surface area contributed by atoms with Crippen LogP contribution in [0.2, 0.25) is 0 Å². The van der Waals surface area contributed by atoms with Crippen LogP contribution in [-0.2, 0) is 13.1 Å². The largest absolute Gasteiger partial charge is 0.327 e. The highest BCUT2D eigenvalue weighted by atomic mass is 16.1. The summed E-state index contributed by atoms with van der Waals surface area (Å²) >= 11 is 0. The summed E-state index contributed by atoms with van der Waals surface area (Å²) in [5.74, 6) is 0.732. The number of nitrogens with zero attached hydrogens (tertiary/aromatic N) is 1. The lowest BCUT2D eigenvalue weighted by Crippen LogP contribution is -3.06. The molecule has 3 rings (SSSR count). The summed E-state index contributed by atoms with van der Waals surface area (Å²) in [6.45, 7) is 5.85. The number of para-hydroxylation sites is 1. The van der Waals surface area contributed by atoms with Crippen molar-refractivity contribution in [3.63, 3.8) is 0 Å². The molecule has 0 aliphatic carbocycles. The highest BCUT2D eigenvalue weighted by Crippen LogP contribution is 2.09. The molecule has 1 heterocycles. The van der Waals surface area contributed by atoms with Crippen molar-refractivity contribution in [1.29, 1.82) is 0 Å². The number of quaternary nitrogens is 1. The van der Waals surface area contributed by atoms with Gasteiger partial charge in [0.2, 0.25) is 0 Å². The molecular weight excluding hydrogens is 286 g/mol. The van der Waals surface area contributed by atoms with Crippen LogP contribution >= 0.6 is 0 Å². The first-order valence-corrected chi connectivity index (χ1v) is 7.88. The predicted octanol–water partition coefficient (Wildman–Crippen LogP) is 1.75. The number of rotatable bonds is 4. The summed E-state index contributed by atoms with van der Waals surface area (Å²) in [5, 5.41) is 0.642. The van der Waals surface area contributed by atoms with Crippen molar-refractivity contribution in [2.75, 3.05) is 7.05 Å². The van der Waals surface area contributed by atoms with E-state index < -0.39 is 0 Å². The Kier molecular flexibility index (Phi) is 4.26. The van der Waals surface area contributed by atoms with Gasteiger partial charge < -0.3 is 9.88 Å². The average molecular weight is 308 g/mol. The monoisotopic (exact) mass is 308 g/mol. The molecule has 0 saturated carbocycles. The summed E-state index contributed by atoms with van der Waals surface area (Å²) in [5.41, 5.74) is 4.61. The Hall–Kier alpha value is -2.46. The van der Waals surface area contributed by atoms with Crippen molar-refractivity contribution in [2.45, 2.75) is 26.9 Å². The first-order valence-electron chi connectivity index (χ1n) is 7.88. The number of benzene rings is 2. The fraction of sp³-hybridized carbons (Fsp3) is 0.263. The zero-order chi connectivity index (χ0) is 16.4.